The Hall–Kier alpha value is -2.82. The van der Waals surface area contributed by atoms with Crippen molar-refractivity contribution in [2.75, 3.05) is 21.3 Å². The Balaban J connectivity index is 2.62. The molecule has 1 heterocycles. The fourth-order valence-corrected chi connectivity index (χ4v) is 2.67. The average Bonchev–Trinajstić information content (AvgIpc) is 2.59. The summed E-state index contributed by atoms with van der Waals surface area (Å²) in [6.45, 7) is 0. The highest BCUT2D eigenvalue weighted by Gasteiger charge is 2.19. The molecule has 0 aliphatic heterocycles. The highest BCUT2D eigenvalue weighted by Crippen LogP contribution is 2.42. The molecule has 0 N–H and O–H groups in total. The van der Waals surface area contributed by atoms with Crippen LogP contribution in [0.25, 0.3) is 21.7 Å². The van der Waals surface area contributed by atoms with Crippen LogP contribution >= 0.6 is 0 Å². The number of fused-ring (bicyclic) bond motifs is 3. The Labute approximate surface area is 127 Å². The fourth-order valence-electron chi connectivity index (χ4n) is 2.67. The quantitative estimate of drug-likeness (QED) is 0.546. The number of ether oxygens (including phenoxy) is 3. The van der Waals surface area contributed by atoms with Crippen molar-refractivity contribution in [3.63, 3.8) is 0 Å². The molecular weight excluding hydrogens is 282 g/mol. The van der Waals surface area contributed by atoms with Gasteiger partial charge in [0.1, 0.15) is 0 Å². The molecule has 0 bridgehead atoms. The van der Waals surface area contributed by atoms with E-state index < -0.39 is 0 Å². The molecule has 112 valence electrons. The van der Waals surface area contributed by atoms with Gasteiger partial charge >= 0.3 is 0 Å². The molecule has 0 saturated carbocycles. The second-order valence-corrected chi connectivity index (χ2v) is 4.71. The Morgan fingerprint density at radius 1 is 1.00 bits per heavy atom. The minimum Gasteiger partial charge on any atom is -0.493 e. The molecular formula is C17H15NO4. The van der Waals surface area contributed by atoms with Gasteiger partial charge in [-0.05, 0) is 12.1 Å². The number of hydrogen-bond donors (Lipinski definition) is 0. The van der Waals surface area contributed by atoms with Gasteiger partial charge in [0.2, 0.25) is 5.88 Å². The van der Waals surface area contributed by atoms with Gasteiger partial charge in [-0.1, -0.05) is 18.2 Å². The summed E-state index contributed by atoms with van der Waals surface area (Å²) in [7, 11) is 4.66. The average molecular weight is 297 g/mol. The van der Waals surface area contributed by atoms with Gasteiger partial charge in [0, 0.05) is 16.3 Å². The van der Waals surface area contributed by atoms with Crippen LogP contribution in [0.5, 0.6) is 17.4 Å². The smallest absolute Gasteiger partial charge is 0.221 e. The molecule has 0 aliphatic carbocycles. The number of methoxy groups -OCH3 is 3. The van der Waals surface area contributed by atoms with Crippen LogP contribution in [0.15, 0.2) is 30.3 Å². The van der Waals surface area contributed by atoms with Gasteiger partial charge in [0.15, 0.2) is 17.8 Å². The monoisotopic (exact) mass is 297 g/mol. The van der Waals surface area contributed by atoms with Crippen molar-refractivity contribution >= 4 is 28.0 Å². The van der Waals surface area contributed by atoms with E-state index in [1.165, 1.54) is 7.11 Å². The van der Waals surface area contributed by atoms with Crippen LogP contribution in [0.2, 0.25) is 0 Å². The van der Waals surface area contributed by atoms with Crippen molar-refractivity contribution in [2.45, 2.75) is 0 Å². The summed E-state index contributed by atoms with van der Waals surface area (Å²) in [5.74, 6) is 1.52. The van der Waals surface area contributed by atoms with E-state index in [1.54, 1.807) is 20.3 Å². The van der Waals surface area contributed by atoms with Gasteiger partial charge in [-0.25, -0.2) is 4.98 Å². The molecule has 0 fully saturated rings. The van der Waals surface area contributed by atoms with E-state index in [-0.39, 0.29) is 0 Å². The van der Waals surface area contributed by atoms with Crippen molar-refractivity contribution < 1.29 is 19.0 Å². The van der Waals surface area contributed by atoms with Crippen molar-refractivity contribution in [1.29, 1.82) is 0 Å². The summed E-state index contributed by atoms with van der Waals surface area (Å²) in [4.78, 5) is 15.9. The van der Waals surface area contributed by atoms with Crippen LogP contribution < -0.4 is 14.2 Å². The molecule has 0 saturated heterocycles. The van der Waals surface area contributed by atoms with Gasteiger partial charge in [-0.2, -0.15) is 0 Å². The zero-order valence-electron chi connectivity index (χ0n) is 12.5. The van der Waals surface area contributed by atoms with Crippen molar-refractivity contribution in [2.24, 2.45) is 0 Å². The molecule has 0 radical (unpaired) electrons. The van der Waals surface area contributed by atoms with Crippen molar-refractivity contribution in [3.05, 3.63) is 35.9 Å². The number of carbonyl (C=O) groups is 1. The molecule has 2 aromatic carbocycles. The highest BCUT2D eigenvalue weighted by molar-refractivity contribution is 6.15. The van der Waals surface area contributed by atoms with Crippen LogP contribution in [-0.2, 0) is 0 Å². The molecule has 3 rings (SSSR count). The first-order valence-electron chi connectivity index (χ1n) is 6.71. The third-order valence-electron chi connectivity index (χ3n) is 3.63. The highest BCUT2D eigenvalue weighted by atomic mass is 16.5. The van der Waals surface area contributed by atoms with Crippen LogP contribution in [0, 0.1) is 0 Å². The lowest BCUT2D eigenvalue weighted by Crippen LogP contribution is -1.99. The number of benzene rings is 2. The van der Waals surface area contributed by atoms with E-state index in [4.69, 9.17) is 14.2 Å². The maximum absolute atomic E-state index is 11.4. The first kappa shape index (κ1) is 14.1. The topological polar surface area (TPSA) is 57.7 Å². The van der Waals surface area contributed by atoms with Crippen LogP contribution in [0.1, 0.15) is 10.4 Å². The van der Waals surface area contributed by atoms with E-state index >= 15 is 0 Å². The van der Waals surface area contributed by atoms with E-state index in [2.05, 4.69) is 4.98 Å². The molecule has 0 atom stereocenters. The summed E-state index contributed by atoms with van der Waals surface area (Å²) in [6, 6.07) is 9.31. The molecule has 1 aromatic heterocycles. The number of aromatic nitrogens is 1. The summed E-state index contributed by atoms with van der Waals surface area (Å²) >= 11 is 0. The summed E-state index contributed by atoms with van der Waals surface area (Å²) in [6.07, 6.45) is 0.755. The zero-order chi connectivity index (χ0) is 15.7. The molecule has 22 heavy (non-hydrogen) atoms. The maximum atomic E-state index is 11.4. The molecule has 0 unspecified atom stereocenters. The number of nitrogens with zero attached hydrogens (tertiary/aromatic N) is 1. The zero-order valence-corrected chi connectivity index (χ0v) is 12.5. The van der Waals surface area contributed by atoms with E-state index in [0.29, 0.717) is 28.5 Å². The lowest BCUT2D eigenvalue weighted by molar-refractivity contribution is 0.112. The lowest BCUT2D eigenvalue weighted by Gasteiger charge is -2.15. The largest absolute Gasteiger partial charge is 0.493 e. The number of rotatable bonds is 4. The minimum atomic E-state index is 0.428. The van der Waals surface area contributed by atoms with Gasteiger partial charge in [-0.15, -0.1) is 0 Å². The summed E-state index contributed by atoms with van der Waals surface area (Å²) in [5, 5.41) is 2.48. The lowest BCUT2D eigenvalue weighted by atomic mass is 10.0. The number of carbonyl (C=O) groups excluding carboxylic acids is 1. The van der Waals surface area contributed by atoms with Crippen LogP contribution in [0.4, 0.5) is 0 Å². The normalized spacial score (nSPS) is 10.7. The molecule has 5 nitrogen and oxygen atoms in total. The molecule has 0 spiro atoms. The summed E-state index contributed by atoms with van der Waals surface area (Å²) in [5.41, 5.74) is 0.958. The van der Waals surface area contributed by atoms with Crippen molar-refractivity contribution in [1.82, 2.24) is 4.98 Å². The van der Waals surface area contributed by atoms with E-state index in [0.717, 1.165) is 22.4 Å². The van der Waals surface area contributed by atoms with Crippen LogP contribution in [0.3, 0.4) is 0 Å². The maximum Gasteiger partial charge on any atom is 0.221 e. The molecule has 5 heteroatoms. The minimum absolute atomic E-state index is 0.428. The van der Waals surface area contributed by atoms with E-state index in [9.17, 15) is 4.79 Å². The second kappa shape index (κ2) is 5.52. The first-order valence-corrected chi connectivity index (χ1v) is 6.71. The second-order valence-electron chi connectivity index (χ2n) is 4.71. The van der Waals surface area contributed by atoms with E-state index in [1.807, 2.05) is 24.3 Å². The Morgan fingerprint density at radius 2 is 1.73 bits per heavy atom. The Kier molecular flexibility index (Phi) is 3.55. The predicted molar refractivity (Wildman–Crippen MR) is 84.3 cm³/mol. The predicted octanol–water partition coefficient (Wildman–Crippen LogP) is 3.23. The third kappa shape index (κ3) is 1.94. The van der Waals surface area contributed by atoms with Gasteiger partial charge in [0.05, 0.1) is 32.2 Å². The third-order valence-corrected chi connectivity index (χ3v) is 3.63. The SMILES string of the molecule is COc1cc(C=O)c2nc(OC)c3ccccc3c2c1OC. The Bertz CT molecular complexity index is 874. The van der Waals surface area contributed by atoms with Gasteiger partial charge in [-0.3, -0.25) is 4.79 Å². The summed E-state index contributed by atoms with van der Waals surface area (Å²) < 4.78 is 16.2. The first-order chi connectivity index (χ1) is 10.7. The Morgan fingerprint density at radius 3 is 2.32 bits per heavy atom. The molecule has 0 aliphatic rings. The molecule has 0 amide bonds. The van der Waals surface area contributed by atoms with Gasteiger partial charge in [0.25, 0.3) is 0 Å². The standard InChI is InChI=1S/C17H15NO4/c1-20-13-8-10(9-19)15-14(16(13)21-2)11-6-4-5-7-12(11)17(18-15)22-3/h4-9H,1-3H3. The number of aldehydes is 1. The fraction of sp³-hybridized carbons (Fsp3) is 0.176. The molecule has 3 aromatic rings. The number of hydrogen-bond acceptors (Lipinski definition) is 5. The van der Waals surface area contributed by atoms with Gasteiger partial charge < -0.3 is 14.2 Å². The number of pyridine rings is 1. The van der Waals surface area contributed by atoms with Crippen LogP contribution in [-0.4, -0.2) is 32.6 Å². The van der Waals surface area contributed by atoms with Crippen molar-refractivity contribution in [3.8, 4) is 17.4 Å².